The predicted molar refractivity (Wildman–Crippen MR) is 84.3 cm³/mol. The first-order chi connectivity index (χ1) is 9.31. The highest BCUT2D eigenvalue weighted by molar-refractivity contribution is 4.92. The van der Waals surface area contributed by atoms with Crippen LogP contribution >= 0.6 is 0 Å². The largest absolute Gasteiger partial charge is 0.325 e. The van der Waals surface area contributed by atoms with Crippen LogP contribution in [-0.4, -0.2) is 5.54 Å². The summed E-state index contributed by atoms with van der Waals surface area (Å²) in [5, 5.41) is 0. The van der Waals surface area contributed by atoms with E-state index in [0.29, 0.717) is 0 Å². The fourth-order valence-electron chi connectivity index (χ4n) is 4.36. The molecule has 0 aromatic heterocycles. The number of hydrogen-bond donors (Lipinski definition) is 1. The summed E-state index contributed by atoms with van der Waals surface area (Å²) in [6.45, 7) is 0. The van der Waals surface area contributed by atoms with Crippen LogP contribution in [-0.2, 0) is 0 Å². The minimum Gasteiger partial charge on any atom is -0.325 e. The second-order valence-electron chi connectivity index (χ2n) is 7.25. The van der Waals surface area contributed by atoms with Gasteiger partial charge in [-0.2, -0.15) is 0 Å². The number of nitrogens with two attached hydrogens (primary N) is 1. The molecule has 0 aromatic carbocycles. The van der Waals surface area contributed by atoms with Crippen molar-refractivity contribution in [2.75, 3.05) is 0 Å². The van der Waals surface area contributed by atoms with Crippen LogP contribution in [0.2, 0.25) is 0 Å². The minimum absolute atomic E-state index is 0.189. The molecule has 1 nitrogen and oxygen atoms in total. The fourth-order valence-corrected chi connectivity index (χ4v) is 4.36. The fraction of sp³-hybridized carbons (Fsp3) is 1.00. The van der Waals surface area contributed by atoms with E-state index in [1.807, 2.05) is 0 Å². The smallest absolute Gasteiger partial charge is 0.0182 e. The van der Waals surface area contributed by atoms with E-state index >= 15 is 0 Å². The molecule has 0 bridgehead atoms. The van der Waals surface area contributed by atoms with Crippen LogP contribution in [0.4, 0.5) is 0 Å². The molecule has 1 heteroatoms. The molecule has 0 amide bonds. The van der Waals surface area contributed by atoms with E-state index < -0.39 is 0 Å². The van der Waals surface area contributed by atoms with Crippen molar-refractivity contribution in [2.24, 2.45) is 11.7 Å². The maximum absolute atomic E-state index is 6.94. The summed E-state index contributed by atoms with van der Waals surface area (Å²) in [5.41, 5.74) is 7.13. The van der Waals surface area contributed by atoms with Crippen LogP contribution in [0.3, 0.4) is 0 Å². The van der Waals surface area contributed by atoms with Gasteiger partial charge in [-0.3, -0.25) is 0 Å². The van der Waals surface area contributed by atoms with Gasteiger partial charge < -0.3 is 5.73 Å². The molecule has 2 rings (SSSR count). The maximum Gasteiger partial charge on any atom is 0.0182 e. The summed E-state index contributed by atoms with van der Waals surface area (Å²) >= 11 is 0. The number of rotatable bonds is 1. The van der Waals surface area contributed by atoms with Gasteiger partial charge in [-0.05, 0) is 31.6 Å². The van der Waals surface area contributed by atoms with Crippen molar-refractivity contribution in [3.05, 3.63) is 0 Å². The summed E-state index contributed by atoms with van der Waals surface area (Å²) in [7, 11) is 0. The average Bonchev–Trinajstić information content (AvgIpc) is 2.61. The Bertz CT molecular complexity index is 216. The van der Waals surface area contributed by atoms with Gasteiger partial charge in [-0.25, -0.2) is 0 Å². The zero-order valence-corrected chi connectivity index (χ0v) is 13.0. The lowest BCUT2D eigenvalue weighted by Crippen LogP contribution is -2.47. The SMILES string of the molecule is NC1(C2CCCCCCCC2)CCCCCCCC1. The second-order valence-corrected chi connectivity index (χ2v) is 7.25. The average molecular weight is 265 g/mol. The molecule has 19 heavy (non-hydrogen) atoms. The summed E-state index contributed by atoms with van der Waals surface area (Å²) in [6.07, 6.45) is 22.6. The lowest BCUT2D eigenvalue weighted by molar-refractivity contribution is 0.197. The second kappa shape index (κ2) is 8.29. The van der Waals surface area contributed by atoms with Crippen molar-refractivity contribution in [1.82, 2.24) is 0 Å². The summed E-state index contributed by atoms with van der Waals surface area (Å²) in [5.74, 6) is 0.823. The van der Waals surface area contributed by atoms with Gasteiger partial charge >= 0.3 is 0 Å². The van der Waals surface area contributed by atoms with Gasteiger partial charge in [0, 0.05) is 5.54 Å². The monoisotopic (exact) mass is 265 g/mol. The maximum atomic E-state index is 6.94. The van der Waals surface area contributed by atoms with Crippen molar-refractivity contribution in [1.29, 1.82) is 0 Å². The highest BCUT2D eigenvalue weighted by Crippen LogP contribution is 2.36. The van der Waals surface area contributed by atoms with Crippen LogP contribution < -0.4 is 5.73 Å². The zero-order chi connectivity index (χ0) is 13.4. The Kier molecular flexibility index (Phi) is 6.70. The van der Waals surface area contributed by atoms with Crippen molar-refractivity contribution in [3.63, 3.8) is 0 Å². The van der Waals surface area contributed by atoms with Crippen LogP contribution in [0.5, 0.6) is 0 Å². The summed E-state index contributed by atoms with van der Waals surface area (Å²) in [4.78, 5) is 0. The van der Waals surface area contributed by atoms with Gasteiger partial charge in [-0.15, -0.1) is 0 Å². The zero-order valence-electron chi connectivity index (χ0n) is 13.0. The Morgan fingerprint density at radius 2 is 0.895 bits per heavy atom. The lowest BCUT2D eigenvalue weighted by atomic mass is 9.73. The third kappa shape index (κ3) is 5.10. The lowest BCUT2D eigenvalue weighted by Gasteiger charge is -2.38. The van der Waals surface area contributed by atoms with Crippen LogP contribution in [0.25, 0.3) is 0 Å². The Morgan fingerprint density at radius 3 is 1.37 bits per heavy atom. The van der Waals surface area contributed by atoms with E-state index in [2.05, 4.69) is 0 Å². The van der Waals surface area contributed by atoms with Gasteiger partial charge in [0.2, 0.25) is 0 Å². The molecular formula is C18H35N. The Hall–Kier alpha value is -0.0400. The molecule has 0 radical (unpaired) electrons. The highest BCUT2D eigenvalue weighted by atomic mass is 14.8. The molecule has 0 saturated heterocycles. The van der Waals surface area contributed by atoms with Gasteiger partial charge in [0.1, 0.15) is 0 Å². The molecule has 0 spiro atoms. The van der Waals surface area contributed by atoms with E-state index in [1.54, 1.807) is 0 Å². The molecule has 0 atom stereocenters. The standard InChI is InChI=1S/C18H35N/c19-18(15-11-7-3-4-8-12-16-18)17-13-9-5-1-2-6-10-14-17/h17H,1-16,19H2. The molecule has 0 aromatic rings. The molecule has 2 fully saturated rings. The first-order valence-corrected chi connectivity index (χ1v) is 9.10. The van der Waals surface area contributed by atoms with Crippen LogP contribution in [0, 0.1) is 5.92 Å². The Morgan fingerprint density at radius 1 is 0.526 bits per heavy atom. The topological polar surface area (TPSA) is 26.0 Å². The third-order valence-electron chi connectivity index (χ3n) is 5.70. The molecule has 0 unspecified atom stereocenters. The van der Waals surface area contributed by atoms with Crippen molar-refractivity contribution < 1.29 is 0 Å². The van der Waals surface area contributed by atoms with Crippen molar-refractivity contribution in [2.45, 2.75) is 108 Å². The third-order valence-corrected chi connectivity index (χ3v) is 5.70. The molecule has 0 aliphatic heterocycles. The predicted octanol–water partition coefficient (Wildman–Crippen LogP) is 5.57. The molecular weight excluding hydrogens is 230 g/mol. The van der Waals surface area contributed by atoms with Crippen LogP contribution in [0.15, 0.2) is 0 Å². The molecule has 0 heterocycles. The van der Waals surface area contributed by atoms with Crippen molar-refractivity contribution >= 4 is 0 Å². The quantitative estimate of drug-likeness (QED) is 0.659. The Balaban J connectivity index is 1.95. The summed E-state index contributed by atoms with van der Waals surface area (Å²) < 4.78 is 0. The van der Waals surface area contributed by atoms with E-state index in [9.17, 15) is 0 Å². The normalized spacial score (nSPS) is 28.3. The van der Waals surface area contributed by atoms with E-state index in [4.69, 9.17) is 5.73 Å². The molecule has 2 aliphatic rings. The Labute approximate surface area is 120 Å². The van der Waals surface area contributed by atoms with Crippen molar-refractivity contribution in [3.8, 4) is 0 Å². The highest BCUT2D eigenvalue weighted by Gasteiger charge is 2.33. The first kappa shape index (κ1) is 15.4. The first-order valence-electron chi connectivity index (χ1n) is 9.10. The van der Waals surface area contributed by atoms with E-state index in [-0.39, 0.29) is 5.54 Å². The van der Waals surface area contributed by atoms with E-state index in [0.717, 1.165) is 5.92 Å². The molecule has 112 valence electrons. The van der Waals surface area contributed by atoms with E-state index in [1.165, 1.54) is 103 Å². The van der Waals surface area contributed by atoms with Crippen LogP contribution in [0.1, 0.15) is 103 Å². The summed E-state index contributed by atoms with van der Waals surface area (Å²) in [6, 6.07) is 0. The minimum atomic E-state index is 0.189. The van der Waals surface area contributed by atoms with Gasteiger partial charge in [0.15, 0.2) is 0 Å². The van der Waals surface area contributed by atoms with Gasteiger partial charge in [0.05, 0.1) is 0 Å². The van der Waals surface area contributed by atoms with Gasteiger partial charge in [-0.1, -0.05) is 77.0 Å². The molecule has 2 saturated carbocycles. The van der Waals surface area contributed by atoms with Gasteiger partial charge in [0.25, 0.3) is 0 Å². The number of hydrogen-bond acceptors (Lipinski definition) is 1. The molecule has 2 N–H and O–H groups in total. The molecule has 2 aliphatic carbocycles.